The van der Waals surface area contributed by atoms with Gasteiger partial charge in [0.25, 0.3) is 0 Å². The molecule has 0 aromatic carbocycles. The molecule has 14 radical (unpaired) electrons. The van der Waals surface area contributed by atoms with Gasteiger partial charge in [-0.05, 0) is 99.7 Å². The van der Waals surface area contributed by atoms with Crippen LogP contribution in [-0.2, 0) is 0 Å². The van der Waals surface area contributed by atoms with E-state index in [2.05, 4.69) is 25.7 Å². The molecular formula is C20H20. The Labute approximate surface area is 126 Å². The van der Waals surface area contributed by atoms with Crippen molar-refractivity contribution >= 4 is 0 Å². The van der Waals surface area contributed by atoms with Crippen LogP contribution in [-0.4, -0.2) is 0 Å². The fraction of sp³-hybridized carbons (Fsp3) is 0.500. The molecule has 4 rings (SSSR count). The van der Waals surface area contributed by atoms with Crippen LogP contribution in [0.4, 0.5) is 0 Å². The van der Waals surface area contributed by atoms with Gasteiger partial charge in [-0.1, -0.05) is 25.7 Å². The van der Waals surface area contributed by atoms with E-state index in [4.69, 9.17) is 0 Å². The van der Waals surface area contributed by atoms with E-state index in [1.807, 2.05) is 0 Å². The zero-order valence-corrected chi connectivity index (χ0v) is 12.1. The first-order valence-electron chi connectivity index (χ1n) is 8.12. The summed E-state index contributed by atoms with van der Waals surface area (Å²) in [7, 11) is 0. The number of fused-ring (bicyclic) bond motifs is 2. The van der Waals surface area contributed by atoms with E-state index < -0.39 is 0 Å². The standard InChI is InChI=1S/C20H20/c1-3-7-19-15(5-1)9-11-17(19)13-14-18-12-10-16-6-2-4-8-20(16)18/h1-8,13-14H2. The van der Waals surface area contributed by atoms with Crippen LogP contribution in [0.5, 0.6) is 0 Å². The number of hydrogen-bond donors (Lipinski definition) is 0. The average Bonchev–Trinajstić information content (AvgIpc) is 3.09. The van der Waals surface area contributed by atoms with Gasteiger partial charge in [-0.2, -0.15) is 0 Å². The minimum Gasteiger partial charge on any atom is -0.0527 e. The van der Waals surface area contributed by atoms with Gasteiger partial charge in [0.2, 0.25) is 0 Å². The lowest BCUT2D eigenvalue weighted by atomic mass is 9.74. The summed E-state index contributed by atoms with van der Waals surface area (Å²) < 4.78 is 0. The van der Waals surface area contributed by atoms with Crippen LogP contribution >= 0.6 is 0 Å². The second kappa shape index (κ2) is 6.01. The second-order valence-electron chi connectivity index (χ2n) is 6.29. The van der Waals surface area contributed by atoms with Gasteiger partial charge in [0.1, 0.15) is 0 Å². The molecule has 4 saturated carbocycles. The lowest BCUT2D eigenvalue weighted by molar-refractivity contribution is 0.566. The Morgan fingerprint density at radius 2 is 1.00 bits per heavy atom. The number of hydrogen-bond acceptors (Lipinski definition) is 0. The van der Waals surface area contributed by atoms with Crippen molar-refractivity contribution in [1.29, 1.82) is 0 Å². The largest absolute Gasteiger partial charge is 0.0527 e. The van der Waals surface area contributed by atoms with Crippen LogP contribution in [0.25, 0.3) is 0 Å². The summed E-state index contributed by atoms with van der Waals surface area (Å²) in [6.45, 7) is 0. The first kappa shape index (κ1) is 13.6. The highest BCUT2D eigenvalue weighted by Crippen LogP contribution is 2.54. The molecule has 20 heavy (non-hydrogen) atoms. The molecule has 0 unspecified atom stereocenters. The zero-order valence-electron chi connectivity index (χ0n) is 12.1. The third kappa shape index (κ3) is 2.57. The van der Waals surface area contributed by atoms with Gasteiger partial charge in [-0.3, -0.25) is 0 Å². The van der Waals surface area contributed by atoms with Crippen LogP contribution in [0.3, 0.4) is 0 Å². The molecule has 0 nitrogen and oxygen atoms in total. The maximum Gasteiger partial charge on any atom is -0.000714 e. The maximum atomic E-state index is 3.41. The van der Waals surface area contributed by atoms with Gasteiger partial charge in [-0.25, -0.2) is 0 Å². The maximum absolute atomic E-state index is 3.41. The first-order valence-corrected chi connectivity index (χ1v) is 8.12. The lowest BCUT2D eigenvalue weighted by Gasteiger charge is -2.30. The SMILES string of the molecule is [C]1[C][C](CC[C]2[C][C][C]3CCCC[C]32)[C]2CCCC[C]12. The van der Waals surface area contributed by atoms with Crippen LogP contribution in [0.1, 0.15) is 64.2 Å². The Bertz CT molecular complexity index is 288. The molecule has 0 aromatic rings. The predicted molar refractivity (Wildman–Crippen MR) is 78.6 cm³/mol. The summed E-state index contributed by atoms with van der Waals surface area (Å²) in [4.78, 5) is 0. The molecule has 4 aliphatic rings. The van der Waals surface area contributed by atoms with Gasteiger partial charge in [-0.15, -0.1) is 0 Å². The number of rotatable bonds is 3. The average molecular weight is 260 g/mol. The first-order chi connectivity index (χ1) is 9.92. The summed E-state index contributed by atoms with van der Waals surface area (Å²) in [6, 6.07) is 0. The van der Waals surface area contributed by atoms with Gasteiger partial charge < -0.3 is 0 Å². The summed E-state index contributed by atoms with van der Waals surface area (Å²) >= 11 is 0. The molecule has 4 aliphatic carbocycles. The minimum atomic E-state index is 1.12. The molecule has 4 fully saturated rings. The molecule has 0 aliphatic heterocycles. The van der Waals surface area contributed by atoms with Gasteiger partial charge in [0.15, 0.2) is 0 Å². The molecule has 0 spiro atoms. The summed E-state index contributed by atoms with van der Waals surface area (Å²) in [5, 5.41) is 0. The predicted octanol–water partition coefficient (Wildman–Crippen LogP) is 4.71. The van der Waals surface area contributed by atoms with Gasteiger partial charge in [0, 0.05) is 0 Å². The van der Waals surface area contributed by atoms with E-state index in [1.54, 1.807) is 11.8 Å². The molecular weight excluding hydrogens is 240 g/mol. The van der Waals surface area contributed by atoms with Crippen molar-refractivity contribution in [2.75, 3.05) is 0 Å². The molecule has 0 heteroatoms. The van der Waals surface area contributed by atoms with Crippen molar-refractivity contribution in [3.8, 4) is 0 Å². The van der Waals surface area contributed by atoms with Crippen LogP contribution in [0, 0.1) is 61.2 Å². The normalized spacial score (nSPS) is 31.8. The minimum absolute atomic E-state index is 1.12. The Balaban J connectivity index is 1.30. The highest BCUT2D eigenvalue weighted by atomic mass is 14.5. The highest BCUT2D eigenvalue weighted by molar-refractivity contribution is 5.54. The van der Waals surface area contributed by atoms with Crippen molar-refractivity contribution in [2.24, 2.45) is 0 Å². The summed E-state index contributed by atoms with van der Waals surface area (Å²) in [5.74, 6) is 8.90. The van der Waals surface area contributed by atoms with E-state index in [-0.39, 0.29) is 0 Å². The summed E-state index contributed by atoms with van der Waals surface area (Å²) in [6.07, 6.45) is 26.1. The van der Waals surface area contributed by atoms with E-state index in [0.29, 0.717) is 0 Å². The third-order valence-corrected chi connectivity index (χ3v) is 5.02. The molecule has 0 atom stereocenters. The van der Waals surface area contributed by atoms with Crippen LogP contribution in [0.15, 0.2) is 0 Å². The van der Waals surface area contributed by atoms with Crippen molar-refractivity contribution in [3.63, 3.8) is 0 Å². The van der Waals surface area contributed by atoms with E-state index in [9.17, 15) is 0 Å². The fourth-order valence-electron chi connectivity index (χ4n) is 3.88. The quantitative estimate of drug-likeness (QED) is 0.689. The monoisotopic (exact) mass is 260 g/mol. The fourth-order valence-corrected chi connectivity index (χ4v) is 3.88. The smallest absolute Gasteiger partial charge is 0.000714 e. The highest BCUT2D eigenvalue weighted by Gasteiger charge is 2.42. The van der Waals surface area contributed by atoms with Gasteiger partial charge >= 0.3 is 0 Å². The van der Waals surface area contributed by atoms with Crippen molar-refractivity contribution in [3.05, 3.63) is 61.2 Å². The lowest BCUT2D eigenvalue weighted by Crippen LogP contribution is -2.17. The third-order valence-electron chi connectivity index (χ3n) is 5.02. The van der Waals surface area contributed by atoms with E-state index in [1.165, 1.54) is 75.0 Å². The van der Waals surface area contributed by atoms with Crippen LogP contribution < -0.4 is 0 Å². The zero-order chi connectivity index (χ0) is 13.4. The van der Waals surface area contributed by atoms with Gasteiger partial charge in [0.05, 0.1) is 0 Å². The van der Waals surface area contributed by atoms with Crippen molar-refractivity contribution < 1.29 is 0 Å². The Morgan fingerprint density at radius 3 is 1.50 bits per heavy atom. The molecule has 100 valence electrons. The molecule has 0 saturated heterocycles. The summed E-state index contributed by atoms with van der Waals surface area (Å²) in [5.41, 5.74) is 0. The topological polar surface area (TPSA) is 0 Å². The Hall–Kier alpha value is 0. The Morgan fingerprint density at radius 1 is 0.550 bits per heavy atom. The van der Waals surface area contributed by atoms with E-state index >= 15 is 0 Å². The van der Waals surface area contributed by atoms with Crippen molar-refractivity contribution in [1.82, 2.24) is 0 Å². The Kier molecular flexibility index (Phi) is 4.10. The molecule has 0 bridgehead atoms. The van der Waals surface area contributed by atoms with Crippen LogP contribution in [0.2, 0.25) is 0 Å². The molecule has 0 heterocycles. The molecule has 0 amide bonds. The van der Waals surface area contributed by atoms with Crippen molar-refractivity contribution in [2.45, 2.75) is 64.2 Å². The molecule has 0 aromatic heterocycles. The molecule has 0 N–H and O–H groups in total. The second-order valence-corrected chi connectivity index (χ2v) is 6.29. The van der Waals surface area contributed by atoms with E-state index in [0.717, 1.165) is 12.8 Å².